The lowest BCUT2D eigenvalue weighted by Gasteiger charge is -2.07. The zero-order valence-corrected chi connectivity index (χ0v) is 11.5. The lowest BCUT2D eigenvalue weighted by atomic mass is 10.3. The number of hydrogen-bond acceptors (Lipinski definition) is 1. The molecule has 0 aliphatic rings. The first-order valence-corrected chi connectivity index (χ1v) is 6.54. The van der Waals surface area contributed by atoms with Crippen LogP contribution in [0.3, 0.4) is 0 Å². The Balaban J connectivity index is 2.40. The van der Waals surface area contributed by atoms with Gasteiger partial charge >= 0.3 is 0 Å². The molecular weight excluding hydrogens is 323 g/mol. The Morgan fingerprint density at radius 3 is 2.53 bits per heavy atom. The largest absolute Gasteiger partial charge is 0.295 e. The molecule has 2 aromatic carbocycles. The quantitative estimate of drug-likeness (QED) is 0.617. The molecule has 0 aliphatic heterocycles. The molecule has 1 aromatic heterocycles. The molecule has 3 rings (SSSR count). The third-order valence-electron chi connectivity index (χ3n) is 2.81. The van der Waals surface area contributed by atoms with Crippen molar-refractivity contribution in [1.29, 1.82) is 0 Å². The van der Waals surface area contributed by atoms with Crippen molar-refractivity contribution in [3.63, 3.8) is 0 Å². The van der Waals surface area contributed by atoms with E-state index in [4.69, 9.17) is 0 Å². The molecule has 0 saturated heterocycles. The Morgan fingerprint density at radius 1 is 1.00 bits per heavy atom. The smallest absolute Gasteiger partial charge is 0.111 e. The maximum atomic E-state index is 4.61. The van der Waals surface area contributed by atoms with Crippen molar-refractivity contribution in [2.24, 2.45) is 0 Å². The molecule has 0 radical (unpaired) electrons. The highest BCUT2D eigenvalue weighted by molar-refractivity contribution is 14.1. The van der Waals surface area contributed by atoms with Gasteiger partial charge in [-0.15, -0.1) is 0 Å². The molecule has 3 heteroatoms. The van der Waals surface area contributed by atoms with E-state index < -0.39 is 0 Å². The zero-order valence-electron chi connectivity index (χ0n) is 9.39. The van der Waals surface area contributed by atoms with Crippen LogP contribution < -0.4 is 0 Å². The average molecular weight is 334 g/mol. The maximum Gasteiger partial charge on any atom is 0.111 e. The van der Waals surface area contributed by atoms with Crippen molar-refractivity contribution in [3.05, 3.63) is 57.9 Å². The van der Waals surface area contributed by atoms with Gasteiger partial charge in [0.2, 0.25) is 0 Å². The van der Waals surface area contributed by atoms with E-state index in [1.807, 2.05) is 19.1 Å². The normalized spacial score (nSPS) is 10.9. The van der Waals surface area contributed by atoms with E-state index in [1.54, 1.807) is 0 Å². The fourth-order valence-corrected chi connectivity index (χ4v) is 2.82. The number of nitrogens with zero attached hydrogens (tertiary/aromatic N) is 2. The second kappa shape index (κ2) is 4.14. The van der Waals surface area contributed by atoms with Gasteiger partial charge in [0, 0.05) is 9.26 Å². The van der Waals surface area contributed by atoms with Crippen LogP contribution in [0.15, 0.2) is 48.5 Å². The Labute approximate surface area is 113 Å². The standard InChI is InChI=1S/C14H11IN2/c1-10-16-13-9-5-8-12(15)14(13)17(10)11-6-3-2-4-7-11/h2-9H,1H3. The molecule has 0 unspecified atom stereocenters. The van der Waals surface area contributed by atoms with Crippen molar-refractivity contribution in [3.8, 4) is 5.69 Å². The molecule has 0 amide bonds. The summed E-state index contributed by atoms with van der Waals surface area (Å²) in [5.74, 6) is 1.02. The highest BCUT2D eigenvalue weighted by Crippen LogP contribution is 2.25. The van der Waals surface area contributed by atoms with Gasteiger partial charge < -0.3 is 0 Å². The summed E-state index contributed by atoms with van der Waals surface area (Å²) in [4.78, 5) is 4.61. The molecule has 1 heterocycles. The monoisotopic (exact) mass is 334 g/mol. The summed E-state index contributed by atoms with van der Waals surface area (Å²) in [5, 5.41) is 0. The van der Waals surface area contributed by atoms with Gasteiger partial charge in [-0.05, 0) is 53.8 Å². The Morgan fingerprint density at radius 2 is 1.76 bits per heavy atom. The van der Waals surface area contributed by atoms with Crippen molar-refractivity contribution >= 4 is 33.6 Å². The number of halogens is 1. The van der Waals surface area contributed by atoms with E-state index >= 15 is 0 Å². The van der Waals surface area contributed by atoms with Crippen LogP contribution in [0.2, 0.25) is 0 Å². The highest BCUT2D eigenvalue weighted by atomic mass is 127. The van der Waals surface area contributed by atoms with Crippen LogP contribution in [0.25, 0.3) is 16.7 Å². The molecule has 0 saturated carbocycles. The first-order valence-electron chi connectivity index (χ1n) is 5.46. The van der Waals surface area contributed by atoms with Crippen molar-refractivity contribution < 1.29 is 0 Å². The summed E-state index contributed by atoms with van der Waals surface area (Å²) >= 11 is 2.36. The molecule has 0 bridgehead atoms. The van der Waals surface area contributed by atoms with E-state index in [1.165, 1.54) is 9.09 Å². The van der Waals surface area contributed by atoms with Gasteiger partial charge in [0.15, 0.2) is 0 Å². The highest BCUT2D eigenvalue weighted by Gasteiger charge is 2.10. The van der Waals surface area contributed by atoms with E-state index in [9.17, 15) is 0 Å². The number of benzene rings is 2. The molecule has 0 fully saturated rings. The maximum absolute atomic E-state index is 4.61. The van der Waals surface area contributed by atoms with E-state index in [-0.39, 0.29) is 0 Å². The number of aromatic nitrogens is 2. The van der Waals surface area contributed by atoms with Crippen LogP contribution in [0.5, 0.6) is 0 Å². The third-order valence-corrected chi connectivity index (χ3v) is 3.68. The SMILES string of the molecule is Cc1nc2cccc(I)c2n1-c1ccccc1. The predicted molar refractivity (Wildman–Crippen MR) is 78.5 cm³/mol. The fraction of sp³-hybridized carbons (Fsp3) is 0.0714. The van der Waals surface area contributed by atoms with Crippen molar-refractivity contribution in [2.45, 2.75) is 6.92 Å². The lowest BCUT2D eigenvalue weighted by molar-refractivity contribution is 0.999. The van der Waals surface area contributed by atoms with Crippen molar-refractivity contribution in [2.75, 3.05) is 0 Å². The van der Waals surface area contributed by atoms with Gasteiger partial charge in [0.1, 0.15) is 5.82 Å². The number of aryl methyl sites for hydroxylation is 1. The summed E-state index contributed by atoms with van der Waals surface area (Å²) in [5.41, 5.74) is 3.41. The zero-order chi connectivity index (χ0) is 11.8. The molecular formula is C14H11IN2. The second-order valence-corrected chi connectivity index (χ2v) is 5.10. The van der Waals surface area contributed by atoms with Crippen molar-refractivity contribution in [1.82, 2.24) is 9.55 Å². The van der Waals surface area contributed by atoms with Gasteiger partial charge in [-0.1, -0.05) is 24.3 Å². The van der Waals surface area contributed by atoms with Crippen LogP contribution >= 0.6 is 22.6 Å². The van der Waals surface area contributed by atoms with Crippen LogP contribution in [0, 0.1) is 10.5 Å². The summed E-state index contributed by atoms with van der Waals surface area (Å²) in [6, 6.07) is 16.6. The molecule has 0 N–H and O–H groups in total. The predicted octanol–water partition coefficient (Wildman–Crippen LogP) is 3.94. The minimum absolute atomic E-state index is 1.02. The first-order chi connectivity index (χ1) is 8.27. The molecule has 0 aliphatic carbocycles. The molecule has 3 aromatic rings. The van der Waals surface area contributed by atoms with Crippen LogP contribution in [0.1, 0.15) is 5.82 Å². The number of rotatable bonds is 1. The Bertz CT molecular complexity index is 671. The van der Waals surface area contributed by atoms with E-state index in [0.29, 0.717) is 0 Å². The Hall–Kier alpha value is -1.36. The number of imidazole rings is 1. The second-order valence-electron chi connectivity index (χ2n) is 3.94. The van der Waals surface area contributed by atoms with Gasteiger partial charge in [-0.25, -0.2) is 4.98 Å². The van der Waals surface area contributed by atoms with E-state index in [2.05, 4.69) is 68.5 Å². The topological polar surface area (TPSA) is 17.8 Å². The van der Waals surface area contributed by atoms with Gasteiger partial charge in [0.05, 0.1) is 11.0 Å². The summed E-state index contributed by atoms with van der Waals surface area (Å²) in [6.07, 6.45) is 0. The van der Waals surface area contributed by atoms with Crippen LogP contribution in [0.4, 0.5) is 0 Å². The van der Waals surface area contributed by atoms with Gasteiger partial charge in [-0.3, -0.25) is 4.57 Å². The number of fused-ring (bicyclic) bond motifs is 1. The first kappa shape index (κ1) is 10.8. The van der Waals surface area contributed by atoms with E-state index in [0.717, 1.165) is 17.0 Å². The number of para-hydroxylation sites is 2. The number of hydrogen-bond donors (Lipinski definition) is 0. The minimum Gasteiger partial charge on any atom is -0.295 e. The Kier molecular flexibility index (Phi) is 2.63. The molecule has 84 valence electrons. The summed E-state index contributed by atoms with van der Waals surface area (Å²) < 4.78 is 3.43. The third kappa shape index (κ3) is 1.74. The summed E-state index contributed by atoms with van der Waals surface area (Å²) in [7, 11) is 0. The van der Waals surface area contributed by atoms with Gasteiger partial charge in [0.25, 0.3) is 0 Å². The van der Waals surface area contributed by atoms with Gasteiger partial charge in [-0.2, -0.15) is 0 Å². The molecule has 0 spiro atoms. The van der Waals surface area contributed by atoms with Crippen LogP contribution in [-0.4, -0.2) is 9.55 Å². The summed E-state index contributed by atoms with van der Waals surface area (Å²) in [6.45, 7) is 2.04. The molecule has 2 nitrogen and oxygen atoms in total. The minimum atomic E-state index is 1.02. The average Bonchev–Trinajstić information content (AvgIpc) is 2.68. The van der Waals surface area contributed by atoms with Crippen LogP contribution in [-0.2, 0) is 0 Å². The fourth-order valence-electron chi connectivity index (χ4n) is 2.09. The molecule has 17 heavy (non-hydrogen) atoms. The molecule has 0 atom stereocenters. The lowest BCUT2D eigenvalue weighted by Crippen LogP contribution is -1.97.